The van der Waals surface area contributed by atoms with Gasteiger partial charge in [-0.15, -0.1) is 0 Å². The van der Waals surface area contributed by atoms with Gasteiger partial charge in [-0.2, -0.15) is 18.3 Å². The average molecular weight is 584 g/mol. The molecule has 0 saturated carbocycles. The van der Waals surface area contributed by atoms with Gasteiger partial charge in [0.1, 0.15) is 23.2 Å². The summed E-state index contributed by atoms with van der Waals surface area (Å²) < 4.78 is 42.2. The number of aromatic amines is 1. The van der Waals surface area contributed by atoms with Gasteiger partial charge in [-0.1, -0.05) is 6.92 Å². The Morgan fingerprint density at radius 2 is 2.00 bits per heavy atom. The lowest BCUT2D eigenvalue weighted by molar-refractivity contribution is -0.145. The van der Waals surface area contributed by atoms with E-state index < -0.39 is 17.9 Å². The van der Waals surface area contributed by atoms with Gasteiger partial charge in [0.25, 0.3) is 5.91 Å². The van der Waals surface area contributed by atoms with Crippen molar-refractivity contribution in [3.8, 4) is 11.3 Å². The summed E-state index contributed by atoms with van der Waals surface area (Å²) in [5.74, 6) is -1.81. The predicted octanol–water partition coefficient (Wildman–Crippen LogP) is 2.01. The monoisotopic (exact) mass is 583 g/mol. The number of H-pyrrole nitrogens is 1. The van der Waals surface area contributed by atoms with Crippen molar-refractivity contribution in [2.45, 2.75) is 44.1 Å². The maximum Gasteiger partial charge on any atom is 0.451 e. The Kier molecular flexibility index (Phi) is 7.41. The lowest BCUT2D eigenvalue weighted by Gasteiger charge is -2.54. The molecule has 0 aliphatic carbocycles. The van der Waals surface area contributed by atoms with Crippen LogP contribution in [0.25, 0.3) is 22.3 Å². The maximum absolute atomic E-state index is 13.4. The van der Waals surface area contributed by atoms with E-state index in [2.05, 4.69) is 40.2 Å². The number of piperidine rings is 1. The highest BCUT2D eigenvalue weighted by atomic mass is 19.4. The van der Waals surface area contributed by atoms with E-state index in [9.17, 15) is 18.0 Å². The highest BCUT2D eigenvalue weighted by molar-refractivity contribution is 5.92. The third-order valence-corrected chi connectivity index (χ3v) is 8.15. The maximum atomic E-state index is 13.4. The smallest absolute Gasteiger partial charge is 0.346 e. The highest BCUT2D eigenvalue weighted by Gasteiger charge is 2.47. The zero-order valence-corrected chi connectivity index (χ0v) is 23.1. The normalized spacial score (nSPS) is 18.0. The number of alkyl halides is 3. The first-order valence-electron chi connectivity index (χ1n) is 13.9. The van der Waals surface area contributed by atoms with Crippen LogP contribution in [0.4, 0.5) is 13.2 Å². The lowest BCUT2D eigenvalue weighted by Crippen LogP contribution is -2.69. The van der Waals surface area contributed by atoms with Crippen LogP contribution in [0.2, 0.25) is 0 Å². The molecule has 0 atom stereocenters. The zero-order valence-electron chi connectivity index (χ0n) is 23.1. The molecule has 4 aromatic heterocycles. The van der Waals surface area contributed by atoms with E-state index in [1.807, 2.05) is 30.1 Å². The van der Waals surface area contributed by atoms with Crippen LogP contribution in [0.1, 0.15) is 41.8 Å². The molecule has 2 aliphatic heterocycles. The van der Waals surface area contributed by atoms with Crippen LogP contribution in [0, 0.1) is 0 Å². The van der Waals surface area contributed by atoms with Crippen LogP contribution < -0.4 is 11.1 Å². The quantitative estimate of drug-likeness (QED) is 0.283. The van der Waals surface area contributed by atoms with Crippen LogP contribution in [0.5, 0.6) is 0 Å². The van der Waals surface area contributed by atoms with Crippen LogP contribution >= 0.6 is 0 Å². The van der Waals surface area contributed by atoms with Crippen molar-refractivity contribution in [2.24, 2.45) is 5.73 Å². The van der Waals surface area contributed by atoms with Gasteiger partial charge in [-0.05, 0) is 31.5 Å². The molecule has 0 radical (unpaired) electrons. The summed E-state index contributed by atoms with van der Waals surface area (Å²) in [4.78, 5) is 36.1. The summed E-state index contributed by atoms with van der Waals surface area (Å²) >= 11 is 0. The second-order valence-corrected chi connectivity index (χ2v) is 10.8. The summed E-state index contributed by atoms with van der Waals surface area (Å²) in [6.07, 6.45) is 3.77. The van der Waals surface area contributed by atoms with Crippen molar-refractivity contribution in [2.75, 3.05) is 39.3 Å². The molecule has 0 unspecified atom stereocenters. The third-order valence-electron chi connectivity index (χ3n) is 8.15. The van der Waals surface area contributed by atoms with Crippen molar-refractivity contribution >= 4 is 16.9 Å². The van der Waals surface area contributed by atoms with Gasteiger partial charge in [-0.25, -0.2) is 19.9 Å². The number of hydrogen-bond donors (Lipinski definition) is 3. The van der Waals surface area contributed by atoms with Gasteiger partial charge in [-0.3, -0.25) is 14.4 Å². The second-order valence-electron chi connectivity index (χ2n) is 10.8. The zero-order chi connectivity index (χ0) is 29.5. The number of fused-ring (bicyclic) bond motifs is 1. The SMILES string of the molecule is CCNCc1cc(C(=O)N2CCC(N3CC(CN)(n4cc(-c5ncnc6[nH]ccc56)cn4)C3)CC2)nc(C(F)(F)F)n1. The van der Waals surface area contributed by atoms with Crippen LogP contribution in [-0.2, 0) is 18.3 Å². The molecular weight excluding hydrogens is 551 g/mol. The Labute approximate surface area is 239 Å². The molecule has 0 aromatic carbocycles. The largest absolute Gasteiger partial charge is 0.451 e. The predicted molar refractivity (Wildman–Crippen MR) is 147 cm³/mol. The highest BCUT2D eigenvalue weighted by Crippen LogP contribution is 2.35. The fraction of sp³-hybridized carbons (Fsp3) is 0.481. The van der Waals surface area contributed by atoms with Crippen molar-refractivity contribution < 1.29 is 18.0 Å². The first kappa shape index (κ1) is 28.2. The van der Waals surface area contributed by atoms with E-state index in [0.29, 0.717) is 52.1 Å². The number of nitrogens with one attached hydrogen (secondary N) is 2. The molecule has 222 valence electrons. The molecular formula is C27H32F3N11O. The van der Waals surface area contributed by atoms with Gasteiger partial charge >= 0.3 is 6.18 Å². The minimum absolute atomic E-state index is 0.121. The van der Waals surface area contributed by atoms with Gasteiger partial charge in [0.05, 0.1) is 17.6 Å². The summed E-state index contributed by atoms with van der Waals surface area (Å²) in [6, 6.07) is 3.51. The number of nitrogens with two attached hydrogens (primary N) is 1. The molecule has 6 heterocycles. The lowest BCUT2D eigenvalue weighted by atomic mass is 9.86. The van der Waals surface area contributed by atoms with Crippen molar-refractivity contribution in [1.82, 2.24) is 49.8 Å². The molecule has 6 rings (SSSR count). The molecule has 4 aromatic rings. The number of hydrogen-bond acceptors (Lipinski definition) is 9. The van der Waals surface area contributed by atoms with Crippen molar-refractivity contribution in [3.05, 3.63) is 54.3 Å². The molecule has 12 nitrogen and oxygen atoms in total. The van der Waals surface area contributed by atoms with Crippen molar-refractivity contribution in [3.63, 3.8) is 0 Å². The summed E-state index contributed by atoms with van der Waals surface area (Å²) in [5.41, 5.74) is 8.25. The van der Waals surface area contributed by atoms with E-state index >= 15 is 0 Å². The second kappa shape index (κ2) is 11.0. The molecule has 1 amide bonds. The molecule has 15 heteroatoms. The summed E-state index contributed by atoms with van der Waals surface area (Å²) in [7, 11) is 0. The Hall–Kier alpha value is -3.95. The van der Waals surface area contributed by atoms with Crippen LogP contribution in [0.15, 0.2) is 37.1 Å². The standard InChI is InChI=1S/C27H32F3N11O/c1-2-32-11-18-9-21(38-25(37-18)27(28,29)30)24(42)39-7-4-19(5-8-39)40-14-26(13-31,15-40)41-12-17(10-36-41)22-20-3-6-33-23(20)35-16-34-22/h3,6,9-10,12,16,19,32H,2,4-5,7-8,11,13-15,31H2,1H3,(H,33,34,35). The fourth-order valence-electron chi connectivity index (χ4n) is 5.82. The summed E-state index contributed by atoms with van der Waals surface area (Å²) in [6.45, 7) is 5.20. The Balaban J connectivity index is 1.09. The number of halogens is 3. The van der Waals surface area contributed by atoms with E-state index in [1.165, 1.54) is 12.4 Å². The number of amides is 1. The topological polar surface area (TPSA) is 147 Å². The third kappa shape index (κ3) is 5.23. The minimum Gasteiger partial charge on any atom is -0.346 e. The van der Waals surface area contributed by atoms with E-state index in [1.54, 1.807) is 11.1 Å². The first-order valence-corrected chi connectivity index (χ1v) is 13.9. The van der Waals surface area contributed by atoms with Crippen LogP contribution in [0.3, 0.4) is 0 Å². The van der Waals surface area contributed by atoms with Gasteiger partial charge < -0.3 is 20.9 Å². The molecule has 4 N–H and O–H groups in total. The van der Waals surface area contributed by atoms with E-state index in [-0.39, 0.29) is 29.5 Å². The fourth-order valence-corrected chi connectivity index (χ4v) is 5.82. The molecule has 42 heavy (non-hydrogen) atoms. The number of aromatic nitrogens is 7. The van der Waals surface area contributed by atoms with Gasteiger partial charge in [0.2, 0.25) is 5.82 Å². The number of nitrogens with zero attached hydrogens (tertiary/aromatic N) is 8. The Morgan fingerprint density at radius 3 is 2.71 bits per heavy atom. The van der Waals surface area contributed by atoms with Gasteiger partial charge in [0, 0.05) is 68.7 Å². The Bertz CT molecular complexity index is 1570. The molecule has 0 spiro atoms. The number of carbonyl (C=O) groups is 1. The molecule has 2 saturated heterocycles. The first-order chi connectivity index (χ1) is 20.2. The Morgan fingerprint density at radius 1 is 1.21 bits per heavy atom. The average Bonchev–Trinajstić information content (AvgIpc) is 3.66. The van der Waals surface area contributed by atoms with E-state index in [4.69, 9.17) is 5.73 Å². The number of rotatable bonds is 8. The minimum atomic E-state index is -4.74. The number of carbonyl (C=O) groups excluding carboxylic acids is 1. The molecule has 0 bridgehead atoms. The summed E-state index contributed by atoms with van der Waals surface area (Å²) in [5, 5.41) is 8.50. The van der Waals surface area contributed by atoms with E-state index in [0.717, 1.165) is 22.3 Å². The van der Waals surface area contributed by atoms with Crippen molar-refractivity contribution in [1.29, 1.82) is 0 Å². The molecule has 2 fully saturated rings. The van der Waals surface area contributed by atoms with Crippen LogP contribution in [-0.4, -0.2) is 95.7 Å². The van der Waals surface area contributed by atoms with Gasteiger partial charge in [0.15, 0.2) is 0 Å². The number of likely N-dealkylation sites (tertiary alicyclic amines) is 2. The molecule has 2 aliphatic rings.